The minimum atomic E-state index is 0. The maximum absolute atomic E-state index is 11.0. The number of nitrogens with zero attached hydrogens (tertiary/aromatic N) is 2. The molecule has 2 aliphatic rings. The van der Waals surface area contributed by atoms with Crippen LogP contribution in [0, 0.1) is 0 Å². The summed E-state index contributed by atoms with van der Waals surface area (Å²) in [6.45, 7) is 9.16. The lowest BCUT2D eigenvalue weighted by Crippen LogP contribution is -2.54. The van der Waals surface area contributed by atoms with E-state index >= 15 is 0 Å². The molecule has 1 amide bonds. The van der Waals surface area contributed by atoms with Crippen LogP contribution in [-0.2, 0) is 4.79 Å². The minimum absolute atomic E-state index is 0. The molecular weight excluding hydrogens is 441 g/mol. The Kier molecular flexibility index (Phi) is 11.5. The van der Waals surface area contributed by atoms with Gasteiger partial charge in [-0.3, -0.25) is 14.7 Å². The average molecular weight is 479 g/mol. The fraction of sp³-hybridized carbons (Fsp3) is 0.895. The van der Waals surface area contributed by atoms with Crippen molar-refractivity contribution in [1.82, 2.24) is 20.9 Å². The molecule has 1 heterocycles. The highest BCUT2D eigenvalue weighted by molar-refractivity contribution is 14.0. The van der Waals surface area contributed by atoms with Gasteiger partial charge in [-0.05, 0) is 45.7 Å². The highest BCUT2D eigenvalue weighted by atomic mass is 127. The molecule has 2 rings (SSSR count). The van der Waals surface area contributed by atoms with E-state index in [1.807, 2.05) is 0 Å². The van der Waals surface area contributed by atoms with Crippen molar-refractivity contribution in [3.63, 3.8) is 0 Å². The molecule has 26 heavy (non-hydrogen) atoms. The van der Waals surface area contributed by atoms with Gasteiger partial charge < -0.3 is 16.0 Å². The predicted octanol–water partition coefficient (Wildman–Crippen LogP) is 2.48. The number of hydrogen-bond donors (Lipinski definition) is 3. The summed E-state index contributed by atoms with van der Waals surface area (Å²) < 4.78 is 0. The summed E-state index contributed by atoms with van der Waals surface area (Å²) >= 11 is 0. The lowest BCUT2D eigenvalue weighted by Gasteiger charge is -2.47. The molecule has 0 radical (unpaired) electrons. The number of nitrogens with one attached hydrogen (secondary N) is 3. The van der Waals surface area contributed by atoms with E-state index in [1.165, 1.54) is 64.5 Å². The van der Waals surface area contributed by atoms with Gasteiger partial charge in [-0.2, -0.15) is 0 Å². The van der Waals surface area contributed by atoms with Crippen LogP contribution in [0.5, 0.6) is 0 Å². The Morgan fingerprint density at radius 3 is 2.19 bits per heavy atom. The smallest absolute Gasteiger partial charge is 0.216 e. The molecule has 0 spiro atoms. The number of carbonyl (C=O) groups is 1. The average Bonchev–Trinajstić information content (AvgIpc) is 2.64. The molecule has 0 atom stereocenters. The van der Waals surface area contributed by atoms with E-state index < -0.39 is 0 Å². The number of guanidine groups is 1. The number of likely N-dealkylation sites (tertiary alicyclic amines) is 1. The van der Waals surface area contributed by atoms with Gasteiger partial charge in [0.25, 0.3) is 0 Å². The topological polar surface area (TPSA) is 68.8 Å². The lowest BCUT2D eigenvalue weighted by molar-refractivity contribution is -0.118. The first-order valence-electron chi connectivity index (χ1n) is 10.2. The van der Waals surface area contributed by atoms with Crippen LogP contribution >= 0.6 is 24.0 Å². The molecule has 6 nitrogen and oxygen atoms in total. The van der Waals surface area contributed by atoms with E-state index in [2.05, 4.69) is 27.8 Å². The second-order valence-electron chi connectivity index (χ2n) is 7.44. The van der Waals surface area contributed by atoms with E-state index in [0.29, 0.717) is 13.1 Å². The van der Waals surface area contributed by atoms with E-state index in [1.54, 1.807) is 6.92 Å². The first kappa shape index (κ1) is 23.5. The third kappa shape index (κ3) is 7.58. The minimum Gasteiger partial charge on any atom is -0.357 e. The summed E-state index contributed by atoms with van der Waals surface area (Å²) in [6.07, 6.45) is 10.6. The van der Waals surface area contributed by atoms with Crippen LogP contribution in [0.4, 0.5) is 0 Å². The number of hydrogen-bond acceptors (Lipinski definition) is 3. The maximum Gasteiger partial charge on any atom is 0.216 e. The zero-order chi connectivity index (χ0) is 18.0. The highest BCUT2D eigenvalue weighted by Crippen LogP contribution is 2.35. The van der Waals surface area contributed by atoms with E-state index in [4.69, 9.17) is 4.99 Å². The van der Waals surface area contributed by atoms with Crippen LogP contribution in [0.3, 0.4) is 0 Å². The summed E-state index contributed by atoms with van der Waals surface area (Å²) in [7, 11) is 0. The maximum atomic E-state index is 11.0. The SMILES string of the molecule is CCNC(=NCC1(N2CCCCC2)CCCCC1)NCCNC(C)=O.I. The Morgan fingerprint density at radius 1 is 0.962 bits per heavy atom. The Bertz CT molecular complexity index is 432. The quantitative estimate of drug-likeness (QED) is 0.227. The molecule has 2 fully saturated rings. The third-order valence-corrected chi connectivity index (χ3v) is 5.48. The van der Waals surface area contributed by atoms with Crippen molar-refractivity contribution in [3.05, 3.63) is 0 Å². The van der Waals surface area contributed by atoms with Crippen molar-refractivity contribution in [2.24, 2.45) is 4.99 Å². The van der Waals surface area contributed by atoms with Gasteiger partial charge in [0.15, 0.2) is 5.96 Å². The second kappa shape index (κ2) is 12.8. The molecule has 0 aromatic rings. The number of piperidine rings is 1. The summed E-state index contributed by atoms with van der Waals surface area (Å²) in [6, 6.07) is 0. The Morgan fingerprint density at radius 2 is 1.58 bits per heavy atom. The van der Waals surface area contributed by atoms with Gasteiger partial charge in [-0.25, -0.2) is 0 Å². The Balaban J connectivity index is 0.00000338. The van der Waals surface area contributed by atoms with Gasteiger partial charge in [-0.15, -0.1) is 24.0 Å². The van der Waals surface area contributed by atoms with Crippen LogP contribution in [0.1, 0.15) is 65.2 Å². The molecule has 7 heteroatoms. The first-order chi connectivity index (χ1) is 12.2. The molecule has 0 aromatic carbocycles. The normalized spacial score (nSPS) is 20.8. The molecule has 1 saturated heterocycles. The third-order valence-electron chi connectivity index (χ3n) is 5.48. The van der Waals surface area contributed by atoms with E-state index in [9.17, 15) is 4.79 Å². The molecule has 0 bridgehead atoms. The van der Waals surface area contributed by atoms with Gasteiger partial charge >= 0.3 is 0 Å². The largest absolute Gasteiger partial charge is 0.357 e. The van der Waals surface area contributed by atoms with Crippen LogP contribution in [0.15, 0.2) is 4.99 Å². The van der Waals surface area contributed by atoms with Crippen LogP contribution in [0.2, 0.25) is 0 Å². The Labute approximate surface area is 176 Å². The van der Waals surface area contributed by atoms with Gasteiger partial charge in [0.1, 0.15) is 0 Å². The summed E-state index contributed by atoms with van der Waals surface area (Å²) in [5.41, 5.74) is 0.263. The first-order valence-corrected chi connectivity index (χ1v) is 10.2. The van der Waals surface area contributed by atoms with Crippen molar-refractivity contribution in [2.75, 3.05) is 39.3 Å². The lowest BCUT2D eigenvalue weighted by atomic mass is 9.79. The zero-order valence-corrected chi connectivity index (χ0v) is 18.9. The fourth-order valence-electron chi connectivity index (χ4n) is 4.14. The number of carbonyl (C=O) groups excluding carboxylic acids is 1. The summed E-state index contributed by atoms with van der Waals surface area (Å²) in [4.78, 5) is 18.7. The van der Waals surface area contributed by atoms with Crippen LogP contribution in [-0.4, -0.2) is 61.6 Å². The monoisotopic (exact) mass is 479 g/mol. The molecule has 0 aromatic heterocycles. The second-order valence-corrected chi connectivity index (χ2v) is 7.44. The van der Waals surface area contributed by atoms with Crippen LogP contribution < -0.4 is 16.0 Å². The van der Waals surface area contributed by atoms with Crippen molar-refractivity contribution in [1.29, 1.82) is 0 Å². The van der Waals surface area contributed by atoms with Crippen molar-refractivity contribution in [3.8, 4) is 0 Å². The van der Waals surface area contributed by atoms with E-state index in [0.717, 1.165) is 19.0 Å². The zero-order valence-electron chi connectivity index (χ0n) is 16.6. The number of halogens is 1. The van der Waals surface area contributed by atoms with Crippen molar-refractivity contribution >= 4 is 35.8 Å². The molecular formula is C19H38IN5O. The summed E-state index contributed by atoms with van der Waals surface area (Å²) in [5, 5.41) is 9.49. The van der Waals surface area contributed by atoms with Gasteiger partial charge in [0.05, 0.1) is 6.54 Å². The molecule has 1 aliphatic heterocycles. The summed E-state index contributed by atoms with van der Waals surface area (Å²) in [5.74, 6) is 0.879. The van der Waals surface area contributed by atoms with E-state index in [-0.39, 0.29) is 35.4 Å². The molecule has 152 valence electrons. The fourth-order valence-corrected chi connectivity index (χ4v) is 4.14. The van der Waals surface area contributed by atoms with Gasteiger partial charge in [0, 0.05) is 32.1 Å². The molecule has 1 aliphatic carbocycles. The Hall–Kier alpha value is -0.570. The molecule has 1 saturated carbocycles. The van der Waals surface area contributed by atoms with Gasteiger partial charge in [0.2, 0.25) is 5.91 Å². The molecule has 0 unspecified atom stereocenters. The number of aliphatic imine (C=N–C) groups is 1. The standard InChI is InChI=1S/C19H37N5O.HI/c1-3-20-18(22-13-12-21-17(2)25)23-16-19(10-6-4-7-11-19)24-14-8-5-9-15-24;/h3-16H2,1-2H3,(H,21,25)(H2,20,22,23);1H. The number of amides is 1. The van der Waals surface area contributed by atoms with Crippen LogP contribution in [0.25, 0.3) is 0 Å². The van der Waals surface area contributed by atoms with Crippen molar-refractivity contribution < 1.29 is 4.79 Å². The number of rotatable bonds is 7. The van der Waals surface area contributed by atoms with Crippen molar-refractivity contribution in [2.45, 2.75) is 70.8 Å². The molecule has 3 N–H and O–H groups in total. The highest BCUT2D eigenvalue weighted by Gasteiger charge is 2.38. The van der Waals surface area contributed by atoms with Gasteiger partial charge in [-0.1, -0.05) is 25.7 Å². The predicted molar refractivity (Wildman–Crippen MR) is 119 cm³/mol.